The van der Waals surface area contributed by atoms with Gasteiger partial charge in [-0.1, -0.05) is 59.8 Å². The fraction of sp³-hybridized carbons (Fsp3) is 0.0952. The minimum atomic E-state index is -0.295. The maximum absolute atomic E-state index is 12.6. The second kappa shape index (κ2) is 8.31. The lowest BCUT2D eigenvalue weighted by atomic mass is 10.2. The van der Waals surface area contributed by atoms with E-state index in [9.17, 15) is 4.79 Å². The van der Waals surface area contributed by atoms with Crippen molar-refractivity contribution in [1.29, 1.82) is 0 Å². The molecule has 4 nitrogen and oxygen atoms in total. The van der Waals surface area contributed by atoms with Crippen molar-refractivity contribution >= 4 is 56.6 Å². The Kier molecular flexibility index (Phi) is 5.62. The molecule has 0 saturated carbocycles. The number of carbonyl (C=O) groups excluding carboxylic acids is 1. The van der Waals surface area contributed by atoms with Gasteiger partial charge in [0.1, 0.15) is 0 Å². The lowest BCUT2D eigenvalue weighted by Crippen LogP contribution is -2.22. The van der Waals surface area contributed by atoms with E-state index in [1.165, 1.54) is 23.1 Å². The number of amides is 1. The van der Waals surface area contributed by atoms with Crippen LogP contribution in [0.3, 0.4) is 0 Å². The minimum Gasteiger partial charge on any atom is -0.301 e. The fourth-order valence-corrected chi connectivity index (χ4v) is 4.31. The zero-order valence-corrected chi connectivity index (χ0v) is 17.3. The summed E-state index contributed by atoms with van der Waals surface area (Å²) in [6.07, 6.45) is 0. The molecule has 1 N–H and O–H groups in total. The van der Waals surface area contributed by atoms with Gasteiger partial charge in [-0.25, -0.2) is 9.97 Å². The Hall–Kier alpha value is -2.41. The van der Waals surface area contributed by atoms with E-state index in [0.29, 0.717) is 10.2 Å². The molecular weight excluding hydrogens is 410 g/mol. The zero-order chi connectivity index (χ0) is 19.5. The van der Waals surface area contributed by atoms with Crippen LogP contribution in [0.4, 0.5) is 5.13 Å². The van der Waals surface area contributed by atoms with E-state index in [1.54, 1.807) is 0 Å². The van der Waals surface area contributed by atoms with Gasteiger partial charge in [-0.3, -0.25) is 4.79 Å². The highest BCUT2D eigenvalue weighted by Gasteiger charge is 2.17. The van der Waals surface area contributed by atoms with Gasteiger partial charge in [0.2, 0.25) is 5.91 Å². The van der Waals surface area contributed by atoms with Crippen LogP contribution in [0.5, 0.6) is 0 Å². The molecule has 2 aromatic heterocycles. The number of nitrogens with zero attached hydrogens (tertiary/aromatic N) is 2. The molecule has 0 bridgehead atoms. The van der Waals surface area contributed by atoms with E-state index in [0.717, 1.165) is 27.2 Å². The van der Waals surface area contributed by atoms with Gasteiger partial charge in [-0.2, -0.15) is 0 Å². The van der Waals surface area contributed by atoms with Crippen LogP contribution in [0.15, 0.2) is 71.1 Å². The second-order valence-corrected chi connectivity index (χ2v) is 8.79. The number of anilines is 1. The Balaban J connectivity index is 1.42. The highest BCUT2D eigenvalue weighted by Crippen LogP contribution is 2.28. The van der Waals surface area contributed by atoms with Crippen LogP contribution in [-0.2, 0) is 4.79 Å². The second-order valence-electron chi connectivity index (χ2n) is 6.14. The van der Waals surface area contributed by atoms with Crippen molar-refractivity contribution < 1.29 is 4.79 Å². The number of benzene rings is 2. The van der Waals surface area contributed by atoms with E-state index in [2.05, 4.69) is 15.3 Å². The number of thioether (sulfide) groups is 1. The van der Waals surface area contributed by atoms with Crippen LogP contribution in [0.1, 0.15) is 6.92 Å². The van der Waals surface area contributed by atoms with Crippen LogP contribution in [0.2, 0.25) is 5.02 Å². The van der Waals surface area contributed by atoms with Gasteiger partial charge in [-0.15, -0.1) is 11.3 Å². The number of hydrogen-bond donors (Lipinski definition) is 1. The van der Waals surface area contributed by atoms with Gasteiger partial charge in [-0.05, 0) is 31.2 Å². The summed E-state index contributed by atoms with van der Waals surface area (Å²) in [5.74, 6) is -0.100. The van der Waals surface area contributed by atoms with Crippen LogP contribution < -0.4 is 5.32 Å². The number of pyridine rings is 1. The fourth-order valence-electron chi connectivity index (χ4n) is 2.64. The molecule has 2 heterocycles. The molecule has 28 heavy (non-hydrogen) atoms. The number of nitrogens with one attached hydrogen (secondary N) is 1. The first-order valence-electron chi connectivity index (χ1n) is 8.63. The monoisotopic (exact) mass is 425 g/mol. The summed E-state index contributed by atoms with van der Waals surface area (Å²) < 4.78 is 0. The first-order chi connectivity index (χ1) is 13.6. The van der Waals surface area contributed by atoms with Crippen LogP contribution >= 0.6 is 34.7 Å². The largest absolute Gasteiger partial charge is 0.301 e. The molecule has 0 radical (unpaired) electrons. The molecule has 1 unspecified atom stereocenters. The highest BCUT2D eigenvalue weighted by molar-refractivity contribution is 8.00. The molecule has 0 aliphatic heterocycles. The molecule has 0 saturated heterocycles. The number of para-hydroxylation sites is 1. The van der Waals surface area contributed by atoms with Crippen molar-refractivity contribution in [2.45, 2.75) is 17.2 Å². The van der Waals surface area contributed by atoms with E-state index in [4.69, 9.17) is 11.6 Å². The van der Waals surface area contributed by atoms with E-state index >= 15 is 0 Å². The molecule has 4 aromatic rings. The number of rotatable bonds is 5. The molecule has 1 amide bonds. The first-order valence-corrected chi connectivity index (χ1v) is 10.8. The number of carbonyl (C=O) groups is 1. The summed E-state index contributed by atoms with van der Waals surface area (Å²) >= 11 is 8.76. The molecule has 140 valence electrons. The van der Waals surface area contributed by atoms with Gasteiger partial charge in [0.25, 0.3) is 0 Å². The Bertz CT molecular complexity index is 1130. The van der Waals surface area contributed by atoms with Crippen LogP contribution in [0, 0.1) is 0 Å². The van der Waals surface area contributed by atoms with E-state index < -0.39 is 0 Å². The van der Waals surface area contributed by atoms with Crippen molar-refractivity contribution in [3.8, 4) is 11.3 Å². The molecule has 1 atom stereocenters. The predicted molar refractivity (Wildman–Crippen MR) is 118 cm³/mol. The lowest BCUT2D eigenvalue weighted by molar-refractivity contribution is -0.115. The zero-order valence-electron chi connectivity index (χ0n) is 14.9. The van der Waals surface area contributed by atoms with Gasteiger partial charge in [0.15, 0.2) is 5.13 Å². The summed E-state index contributed by atoms with van der Waals surface area (Å²) in [5, 5.41) is 7.68. The van der Waals surface area contributed by atoms with Crippen molar-refractivity contribution in [2.75, 3.05) is 5.32 Å². The number of hydrogen-bond acceptors (Lipinski definition) is 5. The number of fused-ring (bicyclic) bond motifs is 1. The Morgan fingerprint density at radius 3 is 2.68 bits per heavy atom. The average Bonchev–Trinajstić information content (AvgIpc) is 3.17. The average molecular weight is 426 g/mol. The summed E-state index contributed by atoms with van der Waals surface area (Å²) in [6, 6.07) is 19.4. The summed E-state index contributed by atoms with van der Waals surface area (Å²) in [5.41, 5.74) is 2.70. The number of halogens is 1. The molecule has 4 rings (SSSR count). The lowest BCUT2D eigenvalue weighted by Gasteiger charge is -2.10. The first kappa shape index (κ1) is 18.9. The van der Waals surface area contributed by atoms with Crippen molar-refractivity contribution in [3.63, 3.8) is 0 Å². The topological polar surface area (TPSA) is 54.9 Å². The number of thiazole rings is 1. The Morgan fingerprint density at radius 1 is 1.07 bits per heavy atom. The van der Waals surface area contributed by atoms with E-state index in [1.807, 2.05) is 73.0 Å². The quantitative estimate of drug-likeness (QED) is 0.390. The SMILES string of the molecule is CC(Sc1ccc2ccccc2n1)C(=O)Nc1nc(-c2ccc(Cl)cc2)cs1. The predicted octanol–water partition coefficient (Wildman–Crippen LogP) is 6.13. The van der Waals surface area contributed by atoms with Gasteiger partial charge < -0.3 is 5.32 Å². The van der Waals surface area contributed by atoms with Gasteiger partial charge >= 0.3 is 0 Å². The smallest absolute Gasteiger partial charge is 0.239 e. The van der Waals surface area contributed by atoms with Crippen molar-refractivity contribution in [1.82, 2.24) is 9.97 Å². The molecule has 0 aliphatic rings. The molecular formula is C21H16ClN3OS2. The highest BCUT2D eigenvalue weighted by atomic mass is 35.5. The molecule has 2 aromatic carbocycles. The summed E-state index contributed by atoms with van der Waals surface area (Å²) in [7, 11) is 0. The molecule has 7 heteroatoms. The van der Waals surface area contributed by atoms with Gasteiger partial charge in [0, 0.05) is 21.4 Å². The van der Waals surface area contributed by atoms with E-state index in [-0.39, 0.29) is 11.2 Å². The van der Waals surface area contributed by atoms with Crippen molar-refractivity contribution in [2.24, 2.45) is 0 Å². The van der Waals surface area contributed by atoms with Crippen molar-refractivity contribution in [3.05, 3.63) is 71.1 Å². The third kappa shape index (κ3) is 4.35. The van der Waals surface area contributed by atoms with Crippen LogP contribution in [0.25, 0.3) is 22.2 Å². The Morgan fingerprint density at radius 2 is 1.86 bits per heavy atom. The molecule has 0 fully saturated rings. The molecule has 0 aliphatic carbocycles. The maximum atomic E-state index is 12.6. The summed E-state index contributed by atoms with van der Waals surface area (Å²) in [6.45, 7) is 1.87. The third-order valence-corrected chi connectivity index (χ3v) is 6.16. The minimum absolute atomic E-state index is 0.100. The number of aromatic nitrogens is 2. The standard InChI is InChI=1S/C21H16ClN3OS2/c1-13(28-19-11-8-14-4-2-3-5-17(14)23-19)20(26)25-21-24-18(12-27-21)15-6-9-16(22)10-7-15/h2-13H,1H3,(H,24,25,26). The summed E-state index contributed by atoms with van der Waals surface area (Å²) in [4.78, 5) is 21.7. The third-order valence-electron chi connectivity index (χ3n) is 4.11. The van der Waals surface area contributed by atoms with Gasteiger partial charge in [0.05, 0.1) is 21.5 Å². The Labute approximate surface area is 176 Å². The maximum Gasteiger partial charge on any atom is 0.239 e. The van der Waals surface area contributed by atoms with Crippen LogP contribution in [-0.4, -0.2) is 21.1 Å². The normalized spacial score (nSPS) is 12.1. The molecule has 0 spiro atoms.